The van der Waals surface area contributed by atoms with E-state index in [2.05, 4.69) is 53.9 Å². The van der Waals surface area contributed by atoms with Gasteiger partial charge in [0.25, 0.3) is 0 Å². The molecule has 1 aromatic carbocycles. The van der Waals surface area contributed by atoms with Gasteiger partial charge in [-0.15, -0.1) is 0 Å². The minimum atomic E-state index is 0.552. The van der Waals surface area contributed by atoms with Crippen molar-refractivity contribution in [2.75, 3.05) is 17.0 Å². The summed E-state index contributed by atoms with van der Waals surface area (Å²) in [6.07, 6.45) is 0. The standard InChI is InChI=1S/C11H16INO/c1-8(2)9-4-5-11(14-7-12)10(6-9)13-3/h4-6,8,13H,7H2,1-3H3. The number of hydrogen-bond donors (Lipinski definition) is 1. The van der Waals surface area contributed by atoms with E-state index in [-0.39, 0.29) is 0 Å². The van der Waals surface area contributed by atoms with Gasteiger partial charge in [-0.25, -0.2) is 0 Å². The molecule has 0 fully saturated rings. The number of halogens is 1. The molecule has 2 nitrogen and oxygen atoms in total. The normalized spacial score (nSPS) is 10.4. The second-order valence-electron chi connectivity index (χ2n) is 3.41. The summed E-state index contributed by atoms with van der Waals surface area (Å²) in [6, 6.07) is 6.29. The molecule has 0 heterocycles. The van der Waals surface area contributed by atoms with Crippen molar-refractivity contribution in [3.8, 4) is 5.75 Å². The van der Waals surface area contributed by atoms with Crippen molar-refractivity contribution in [2.45, 2.75) is 19.8 Å². The number of hydrogen-bond acceptors (Lipinski definition) is 2. The number of nitrogens with one attached hydrogen (secondary N) is 1. The molecule has 0 aromatic heterocycles. The summed E-state index contributed by atoms with van der Waals surface area (Å²) in [6.45, 7) is 4.38. The van der Waals surface area contributed by atoms with Gasteiger partial charge in [0.15, 0.2) is 0 Å². The SMILES string of the molecule is CNc1cc(C(C)C)ccc1OCI. The third-order valence-corrected chi connectivity index (χ3v) is 2.46. The van der Waals surface area contributed by atoms with Gasteiger partial charge in [0.2, 0.25) is 0 Å². The highest BCUT2D eigenvalue weighted by Crippen LogP contribution is 2.28. The Balaban J connectivity index is 2.98. The molecule has 0 aliphatic heterocycles. The predicted molar refractivity (Wildman–Crippen MR) is 69.6 cm³/mol. The van der Waals surface area contributed by atoms with Crippen molar-refractivity contribution >= 4 is 28.3 Å². The summed E-state index contributed by atoms with van der Waals surface area (Å²) in [5, 5.41) is 3.15. The Morgan fingerprint density at radius 1 is 1.43 bits per heavy atom. The van der Waals surface area contributed by atoms with Gasteiger partial charge < -0.3 is 10.1 Å². The Labute approximate surface area is 99.2 Å². The lowest BCUT2D eigenvalue weighted by atomic mass is 10.0. The number of benzene rings is 1. The van der Waals surface area contributed by atoms with Crippen LogP contribution in [-0.2, 0) is 0 Å². The van der Waals surface area contributed by atoms with E-state index in [4.69, 9.17) is 4.74 Å². The maximum absolute atomic E-state index is 5.49. The number of alkyl halides is 1. The van der Waals surface area contributed by atoms with Gasteiger partial charge in [0.05, 0.1) is 5.69 Å². The van der Waals surface area contributed by atoms with Gasteiger partial charge >= 0.3 is 0 Å². The van der Waals surface area contributed by atoms with E-state index in [1.807, 2.05) is 13.1 Å². The molecular formula is C11H16INO. The second kappa shape index (κ2) is 5.44. The van der Waals surface area contributed by atoms with E-state index >= 15 is 0 Å². The van der Waals surface area contributed by atoms with Gasteiger partial charge in [-0.3, -0.25) is 0 Å². The first kappa shape index (κ1) is 11.6. The topological polar surface area (TPSA) is 21.3 Å². The van der Waals surface area contributed by atoms with Crippen LogP contribution in [0.15, 0.2) is 18.2 Å². The van der Waals surface area contributed by atoms with E-state index < -0.39 is 0 Å². The van der Waals surface area contributed by atoms with Crippen molar-refractivity contribution in [2.24, 2.45) is 0 Å². The average Bonchev–Trinajstić information content (AvgIpc) is 2.18. The van der Waals surface area contributed by atoms with E-state index in [0.717, 1.165) is 11.4 Å². The lowest BCUT2D eigenvalue weighted by Crippen LogP contribution is -1.98. The summed E-state index contributed by atoms with van der Waals surface area (Å²) in [5.74, 6) is 1.47. The van der Waals surface area contributed by atoms with Gasteiger partial charge in [-0.2, -0.15) is 0 Å². The minimum Gasteiger partial charge on any atom is -0.481 e. The van der Waals surface area contributed by atoms with Crippen LogP contribution in [0.4, 0.5) is 5.69 Å². The van der Waals surface area contributed by atoms with Gasteiger partial charge in [0, 0.05) is 7.05 Å². The van der Waals surface area contributed by atoms with Crippen molar-refractivity contribution in [1.82, 2.24) is 0 Å². The zero-order chi connectivity index (χ0) is 10.6. The first-order valence-electron chi connectivity index (χ1n) is 4.69. The molecule has 0 radical (unpaired) electrons. The fourth-order valence-corrected chi connectivity index (χ4v) is 1.62. The van der Waals surface area contributed by atoms with Crippen LogP contribution in [0.5, 0.6) is 5.75 Å². The lowest BCUT2D eigenvalue weighted by molar-refractivity contribution is 0.406. The number of ether oxygens (including phenoxy) is 1. The Hall–Kier alpha value is -0.450. The Morgan fingerprint density at radius 2 is 2.14 bits per heavy atom. The molecule has 0 saturated heterocycles. The molecule has 1 aromatic rings. The fourth-order valence-electron chi connectivity index (χ4n) is 1.29. The van der Waals surface area contributed by atoms with Crippen LogP contribution in [0.3, 0.4) is 0 Å². The summed E-state index contributed by atoms with van der Waals surface area (Å²) in [4.78, 5) is 0. The van der Waals surface area contributed by atoms with Crippen molar-refractivity contribution < 1.29 is 4.74 Å². The highest BCUT2D eigenvalue weighted by molar-refractivity contribution is 14.1. The molecule has 1 rings (SSSR count). The monoisotopic (exact) mass is 305 g/mol. The summed E-state index contributed by atoms with van der Waals surface area (Å²) in [5.41, 5.74) is 2.39. The molecule has 0 aliphatic rings. The van der Waals surface area contributed by atoms with E-state index in [1.54, 1.807) is 0 Å². The van der Waals surface area contributed by atoms with Crippen LogP contribution in [0, 0.1) is 0 Å². The van der Waals surface area contributed by atoms with E-state index in [0.29, 0.717) is 10.5 Å². The van der Waals surface area contributed by atoms with Crippen molar-refractivity contribution in [1.29, 1.82) is 0 Å². The number of anilines is 1. The smallest absolute Gasteiger partial charge is 0.143 e. The molecular weight excluding hydrogens is 289 g/mol. The van der Waals surface area contributed by atoms with Crippen LogP contribution in [0.2, 0.25) is 0 Å². The van der Waals surface area contributed by atoms with Crippen LogP contribution < -0.4 is 10.1 Å². The molecule has 0 amide bonds. The average molecular weight is 305 g/mol. The van der Waals surface area contributed by atoms with Crippen LogP contribution in [0.25, 0.3) is 0 Å². The largest absolute Gasteiger partial charge is 0.481 e. The summed E-state index contributed by atoms with van der Waals surface area (Å²) >= 11 is 2.20. The molecule has 0 atom stereocenters. The molecule has 0 aliphatic carbocycles. The minimum absolute atomic E-state index is 0.552. The van der Waals surface area contributed by atoms with Gasteiger partial charge in [0.1, 0.15) is 10.4 Å². The maximum atomic E-state index is 5.49. The highest BCUT2D eigenvalue weighted by Gasteiger charge is 2.05. The Morgan fingerprint density at radius 3 is 2.64 bits per heavy atom. The summed E-state index contributed by atoms with van der Waals surface area (Å²) < 4.78 is 6.16. The maximum Gasteiger partial charge on any atom is 0.143 e. The zero-order valence-electron chi connectivity index (χ0n) is 8.80. The fraction of sp³-hybridized carbons (Fsp3) is 0.455. The van der Waals surface area contributed by atoms with Crippen LogP contribution >= 0.6 is 22.6 Å². The van der Waals surface area contributed by atoms with E-state index in [1.165, 1.54) is 5.56 Å². The molecule has 1 N–H and O–H groups in total. The third-order valence-electron chi connectivity index (χ3n) is 2.15. The first-order valence-corrected chi connectivity index (χ1v) is 6.22. The van der Waals surface area contributed by atoms with E-state index in [9.17, 15) is 0 Å². The molecule has 3 heteroatoms. The zero-order valence-corrected chi connectivity index (χ0v) is 11.0. The quantitative estimate of drug-likeness (QED) is 0.677. The summed E-state index contributed by atoms with van der Waals surface area (Å²) in [7, 11) is 1.92. The second-order valence-corrected chi connectivity index (χ2v) is 4.04. The predicted octanol–water partition coefficient (Wildman–Crippen LogP) is 3.62. The molecule has 0 bridgehead atoms. The molecule has 0 unspecified atom stereocenters. The number of rotatable bonds is 4. The Kier molecular flexibility index (Phi) is 4.51. The molecule has 78 valence electrons. The molecule has 0 spiro atoms. The molecule has 14 heavy (non-hydrogen) atoms. The molecule has 0 saturated carbocycles. The van der Waals surface area contributed by atoms with Crippen LogP contribution in [-0.4, -0.2) is 11.7 Å². The van der Waals surface area contributed by atoms with Crippen LogP contribution in [0.1, 0.15) is 25.3 Å². The highest BCUT2D eigenvalue weighted by atomic mass is 127. The Bertz CT molecular complexity index is 299. The lowest BCUT2D eigenvalue weighted by Gasteiger charge is -2.12. The van der Waals surface area contributed by atoms with Crippen molar-refractivity contribution in [3.63, 3.8) is 0 Å². The first-order chi connectivity index (χ1) is 6.69. The van der Waals surface area contributed by atoms with Crippen molar-refractivity contribution in [3.05, 3.63) is 23.8 Å². The third kappa shape index (κ3) is 2.77. The van der Waals surface area contributed by atoms with Gasteiger partial charge in [-0.1, -0.05) is 19.9 Å². The van der Waals surface area contributed by atoms with Gasteiger partial charge in [-0.05, 0) is 46.2 Å².